The van der Waals surface area contributed by atoms with Crippen LogP contribution in [0.1, 0.15) is 16.8 Å². The van der Waals surface area contributed by atoms with Crippen molar-refractivity contribution in [2.75, 3.05) is 18.5 Å². The predicted octanol–water partition coefficient (Wildman–Crippen LogP) is 2.98. The van der Waals surface area contributed by atoms with Gasteiger partial charge in [-0.05, 0) is 18.2 Å². The standard InChI is InChI=1S/C17H15N3O3/c21-17(13-4-1-3-11-10-18-20-16(11)13)19-12-5-6-14-15(9-12)23-8-2-7-22-14/h1,3-6,9-10H,2,7-8H2,(H,18,20)(H,19,21). The Bertz CT molecular complexity index is 872. The average molecular weight is 309 g/mol. The highest BCUT2D eigenvalue weighted by molar-refractivity contribution is 6.11. The smallest absolute Gasteiger partial charge is 0.257 e. The number of aromatic amines is 1. The molecule has 1 aliphatic rings. The van der Waals surface area contributed by atoms with Crippen LogP contribution in [0.5, 0.6) is 11.5 Å². The van der Waals surface area contributed by atoms with Gasteiger partial charge in [0.1, 0.15) is 0 Å². The van der Waals surface area contributed by atoms with E-state index in [9.17, 15) is 4.79 Å². The first-order valence-electron chi connectivity index (χ1n) is 7.44. The van der Waals surface area contributed by atoms with Crippen molar-refractivity contribution in [2.45, 2.75) is 6.42 Å². The third kappa shape index (κ3) is 2.59. The molecule has 6 heteroatoms. The minimum absolute atomic E-state index is 0.200. The molecule has 0 spiro atoms. The van der Waals surface area contributed by atoms with Gasteiger partial charge >= 0.3 is 0 Å². The summed E-state index contributed by atoms with van der Waals surface area (Å²) in [5.41, 5.74) is 1.93. The van der Waals surface area contributed by atoms with Crippen molar-refractivity contribution in [3.63, 3.8) is 0 Å². The zero-order chi connectivity index (χ0) is 15.6. The Morgan fingerprint density at radius 3 is 2.91 bits per heavy atom. The van der Waals surface area contributed by atoms with E-state index in [2.05, 4.69) is 15.5 Å². The highest BCUT2D eigenvalue weighted by atomic mass is 16.5. The molecule has 3 aromatic rings. The molecule has 0 bridgehead atoms. The second-order valence-electron chi connectivity index (χ2n) is 5.31. The number of para-hydroxylation sites is 1. The van der Waals surface area contributed by atoms with Crippen LogP contribution in [0.4, 0.5) is 5.69 Å². The van der Waals surface area contributed by atoms with E-state index < -0.39 is 0 Å². The molecule has 2 aromatic carbocycles. The molecule has 0 saturated heterocycles. The number of ether oxygens (including phenoxy) is 2. The fourth-order valence-corrected chi connectivity index (χ4v) is 2.60. The Hall–Kier alpha value is -3.02. The van der Waals surface area contributed by atoms with Crippen molar-refractivity contribution in [1.29, 1.82) is 0 Å². The van der Waals surface area contributed by atoms with E-state index >= 15 is 0 Å². The van der Waals surface area contributed by atoms with E-state index in [1.807, 2.05) is 18.2 Å². The third-order valence-corrected chi connectivity index (χ3v) is 3.73. The van der Waals surface area contributed by atoms with Gasteiger partial charge in [-0.25, -0.2) is 0 Å². The first-order chi connectivity index (χ1) is 11.3. The molecular formula is C17H15N3O3. The minimum atomic E-state index is -0.200. The molecule has 0 unspecified atom stereocenters. The number of nitrogens with zero attached hydrogens (tertiary/aromatic N) is 1. The van der Waals surface area contributed by atoms with Gasteiger partial charge in [0, 0.05) is 23.6 Å². The number of nitrogens with one attached hydrogen (secondary N) is 2. The second kappa shape index (κ2) is 5.64. The lowest BCUT2D eigenvalue weighted by Crippen LogP contribution is -2.12. The first kappa shape index (κ1) is 13.6. The fraction of sp³-hybridized carbons (Fsp3) is 0.176. The molecule has 2 N–H and O–H groups in total. The van der Waals surface area contributed by atoms with Crippen LogP contribution in [0.25, 0.3) is 10.9 Å². The van der Waals surface area contributed by atoms with E-state index in [1.54, 1.807) is 24.4 Å². The van der Waals surface area contributed by atoms with Crippen LogP contribution in [0.2, 0.25) is 0 Å². The number of hydrogen-bond acceptors (Lipinski definition) is 4. The highest BCUT2D eigenvalue weighted by Crippen LogP contribution is 2.32. The summed E-state index contributed by atoms with van der Waals surface area (Å²) in [6, 6.07) is 10.9. The number of aromatic nitrogens is 2. The lowest BCUT2D eigenvalue weighted by molar-refractivity contribution is 0.102. The van der Waals surface area contributed by atoms with Gasteiger partial charge in [0.2, 0.25) is 0 Å². The summed E-state index contributed by atoms with van der Waals surface area (Å²) in [5.74, 6) is 1.16. The van der Waals surface area contributed by atoms with Crippen molar-refractivity contribution in [2.24, 2.45) is 0 Å². The molecule has 0 saturated carbocycles. The molecule has 116 valence electrons. The van der Waals surface area contributed by atoms with E-state index in [0.29, 0.717) is 36.0 Å². The van der Waals surface area contributed by atoms with Crippen molar-refractivity contribution in [3.05, 3.63) is 48.2 Å². The molecule has 0 fully saturated rings. The van der Waals surface area contributed by atoms with Crippen LogP contribution < -0.4 is 14.8 Å². The molecule has 1 aliphatic heterocycles. The van der Waals surface area contributed by atoms with Crippen LogP contribution in [-0.2, 0) is 0 Å². The summed E-state index contributed by atoms with van der Waals surface area (Å²) in [6.45, 7) is 1.25. The Labute approximate surface area is 132 Å². The Morgan fingerprint density at radius 1 is 1.13 bits per heavy atom. The van der Waals surface area contributed by atoms with Gasteiger partial charge in [0.15, 0.2) is 11.5 Å². The largest absolute Gasteiger partial charge is 0.490 e. The number of benzene rings is 2. The zero-order valence-corrected chi connectivity index (χ0v) is 12.3. The number of fused-ring (bicyclic) bond motifs is 2. The van der Waals surface area contributed by atoms with Gasteiger partial charge in [0.05, 0.1) is 30.5 Å². The number of H-pyrrole nitrogens is 1. The normalized spacial score (nSPS) is 13.6. The Morgan fingerprint density at radius 2 is 2.00 bits per heavy atom. The molecule has 0 aliphatic carbocycles. The molecule has 1 aromatic heterocycles. The molecule has 4 rings (SSSR count). The van der Waals surface area contributed by atoms with Crippen LogP contribution in [0.3, 0.4) is 0 Å². The Balaban J connectivity index is 1.61. The molecule has 0 radical (unpaired) electrons. The van der Waals surface area contributed by atoms with Gasteiger partial charge in [0.25, 0.3) is 5.91 Å². The lowest BCUT2D eigenvalue weighted by atomic mass is 10.1. The zero-order valence-electron chi connectivity index (χ0n) is 12.3. The quantitative estimate of drug-likeness (QED) is 0.763. The summed E-state index contributed by atoms with van der Waals surface area (Å²) in [7, 11) is 0. The number of carbonyl (C=O) groups excluding carboxylic acids is 1. The van der Waals surface area contributed by atoms with Gasteiger partial charge in [-0.2, -0.15) is 5.10 Å². The summed E-state index contributed by atoms with van der Waals surface area (Å²) >= 11 is 0. The molecule has 0 atom stereocenters. The number of amides is 1. The summed E-state index contributed by atoms with van der Waals surface area (Å²) in [6.07, 6.45) is 2.54. The van der Waals surface area contributed by atoms with Gasteiger partial charge < -0.3 is 14.8 Å². The summed E-state index contributed by atoms with van der Waals surface area (Å²) in [4.78, 5) is 12.5. The molecule has 6 nitrogen and oxygen atoms in total. The van der Waals surface area contributed by atoms with E-state index in [0.717, 1.165) is 17.3 Å². The molecular weight excluding hydrogens is 294 g/mol. The van der Waals surface area contributed by atoms with Gasteiger partial charge in [-0.3, -0.25) is 9.89 Å². The lowest BCUT2D eigenvalue weighted by Gasteiger charge is -2.10. The van der Waals surface area contributed by atoms with Crippen LogP contribution in [0.15, 0.2) is 42.6 Å². The maximum absolute atomic E-state index is 12.5. The number of anilines is 1. The van der Waals surface area contributed by atoms with Crippen LogP contribution in [0, 0.1) is 0 Å². The van der Waals surface area contributed by atoms with E-state index in [4.69, 9.17) is 9.47 Å². The molecule has 23 heavy (non-hydrogen) atoms. The SMILES string of the molecule is O=C(Nc1ccc2c(c1)OCCCO2)c1cccc2cn[nH]c12. The van der Waals surface area contributed by atoms with Crippen molar-refractivity contribution in [1.82, 2.24) is 10.2 Å². The minimum Gasteiger partial charge on any atom is -0.490 e. The van der Waals surface area contributed by atoms with Gasteiger partial charge in [-0.15, -0.1) is 0 Å². The summed E-state index contributed by atoms with van der Waals surface area (Å²) in [5, 5.41) is 10.6. The average Bonchev–Trinajstić information content (AvgIpc) is 2.93. The van der Waals surface area contributed by atoms with E-state index in [-0.39, 0.29) is 5.91 Å². The molecule has 2 heterocycles. The van der Waals surface area contributed by atoms with Crippen molar-refractivity contribution < 1.29 is 14.3 Å². The highest BCUT2D eigenvalue weighted by Gasteiger charge is 2.14. The topological polar surface area (TPSA) is 76.2 Å². The van der Waals surface area contributed by atoms with Crippen LogP contribution >= 0.6 is 0 Å². The van der Waals surface area contributed by atoms with Crippen molar-refractivity contribution in [3.8, 4) is 11.5 Å². The monoisotopic (exact) mass is 309 g/mol. The maximum atomic E-state index is 12.5. The maximum Gasteiger partial charge on any atom is 0.257 e. The third-order valence-electron chi connectivity index (χ3n) is 3.73. The summed E-state index contributed by atoms with van der Waals surface area (Å²) < 4.78 is 11.2. The van der Waals surface area contributed by atoms with Gasteiger partial charge in [-0.1, -0.05) is 12.1 Å². The second-order valence-corrected chi connectivity index (χ2v) is 5.31. The van der Waals surface area contributed by atoms with Crippen molar-refractivity contribution >= 4 is 22.5 Å². The Kier molecular flexibility index (Phi) is 3.34. The first-order valence-corrected chi connectivity index (χ1v) is 7.44. The predicted molar refractivity (Wildman–Crippen MR) is 86.1 cm³/mol. The fourth-order valence-electron chi connectivity index (χ4n) is 2.60. The number of rotatable bonds is 2. The number of hydrogen-bond donors (Lipinski definition) is 2. The van der Waals surface area contributed by atoms with Crippen LogP contribution in [-0.4, -0.2) is 29.3 Å². The molecule has 1 amide bonds. The number of carbonyl (C=O) groups is 1. The van der Waals surface area contributed by atoms with E-state index in [1.165, 1.54) is 0 Å².